The molecule has 304 valence electrons. The van der Waals surface area contributed by atoms with Crippen LogP contribution in [0.2, 0.25) is 0 Å². The second kappa shape index (κ2) is 14.9. The van der Waals surface area contributed by atoms with Crippen LogP contribution in [0.4, 0.5) is 0 Å². The van der Waals surface area contributed by atoms with Crippen LogP contribution in [-0.2, 0) is 0 Å². The predicted octanol–water partition coefficient (Wildman–Crippen LogP) is 14.5. The third-order valence-corrected chi connectivity index (χ3v) is 12.4. The van der Waals surface area contributed by atoms with E-state index in [4.69, 9.17) is 24.4 Å². The lowest BCUT2D eigenvalue weighted by Crippen LogP contribution is -2.01. The van der Waals surface area contributed by atoms with Crippen molar-refractivity contribution in [2.75, 3.05) is 0 Å². The van der Waals surface area contributed by atoms with Crippen molar-refractivity contribution in [3.05, 3.63) is 218 Å². The zero-order valence-electron chi connectivity index (χ0n) is 34.9. The average molecular weight is 833 g/mol. The molecule has 0 radical (unpaired) electrons. The molecule has 4 heterocycles. The van der Waals surface area contributed by atoms with E-state index in [1.165, 1.54) is 21.5 Å². The number of fused-ring (bicyclic) bond motifs is 8. The predicted molar refractivity (Wildman–Crippen MR) is 263 cm³/mol. The lowest BCUT2D eigenvalue weighted by atomic mass is 10.0. The minimum Gasteiger partial charge on any atom is -0.435 e. The Bertz CT molecular complexity index is 3870. The molecule has 0 aliphatic carbocycles. The molecule has 0 unspecified atom stereocenters. The first kappa shape index (κ1) is 36.7. The molecule has 0 aliphatic rings. The minimum absolute atomic E-state index is 0.608. The van der Waals surface area contributed by atoms with Gasteiger partial charge in [-0.2, -0.15) is 0 Å². The smallest absolute Gasteiger partial charge is 0.227 e. The summed E-state index contributed by atoms with van der Waals surface area (Å²) in [5, 5.41) is 4.71. The summed E-state index contributed by atoms with van der Waals surface area (Å²) < 4.78 is 11.3. The molecule has 0 atom stereocenters. The Kier molecular flexibility index (Phi) is 8.39. The van der Waals surface area contributed by atoms with Gasteiger partial charge in [-0.05, 0) is 60.2 Å². The Morgan fingerprint density at radius 1 is 0.323 bits per heavy atom. The molecular weight excluding hydrogens is 797 g/mol. The molecule has 0 N–H and O–H groups in total. The Morgan fingerprint density at radius 3 is 1.42 bits per heavy atom. The molecule has 0 spiro atoms. The Balaban J connectivity index is 1.01. The summed E-state index contributed by atoms with van der Waals surface area (Å²) in [6, 6.07) is 75.8. The number of hydrogen-bond donors (Lipinski definition) is 0. The van der Waals surface area contributed by atoms with Crippen molar-refractivity contribution in [2.45, 2.75) is 0 Å². The first-order valence-electron chi connectivity index (χ1n) is 21.7. The van der Waals surface area contributed by atoms with E-state index in [-0.39, 0.29) is 0 Å². The van der Waals surface area contributed by atoms with E-state index in [2.05, 4.69) is 124 Å². The van der Waals surface area contributed by atoms with Crippen molar-refractivity contribution in [2.24, 2.45) is 0 Å². The van der Waals surface area contributed by atoms with Gasteiger partial charge in [0.25, 0.3) is 0 Å². The Morgan fingerprint density at radius 2 is 0.815 bits per heavy atom. The summed E-state index contributed by atoms with van der Waals surface area (Å²) in [6.45, 7) is 0. The molecule has 0 bridgehead atoms. The number of hydrogen-bond acceptors (Lipinski definition) is 5. The minimum atomic E-state index is 0.608. The summed E-state index contributed by atoms with van der Waals surface area (Å²) in [6.07, 6.45) is 0. The van der Waals surface area contributed by atoms with Crippen LogP contribution in [0, 0.1) is 0 Å². The summed E-state index contributed by atoms with van der Waals surface area (Å²) >= 11 is 0. The maximum Gasteiger partial charge on any atom is 0.227 e. The third kappa shape index (κ3) is 6.05. The standard InChI is InChI=1S/C58H36N6O/c1-4-16-38(17-5-1)55-60-56(39-18-6-2-7-19-39)62-57(61-55)41-22-14-23-43(36-41)64-51-29-13-11-25-46(51)48-35-34-47-45-24-10-12-28-50(45)63(52(47)53(48)64)42-32-30-37(31-33-42)44-26-15-27-49-54(44)65-58(59-49)40-20-8-3-9-21-40/h1-36H. The van der Waals surface area contributed by atoms with Crippen molar-refractivity contribution in [1.82, 2.24) is 29.1 Å². The maximum atomic E-state index is 6.45. The van der Waals surface area contributed by atoms with Crippen LogP contribution in [-0.4, -0.2) is 29.1 Å². The number of para-hydroxylation sites is 3. The van der Waals surface area contributed by atoms with E-state index in [0.717, 1.165) is 77.9 Å². The van der Waals surface area contributed by atoms with Crippen LogP contribution >= 0.6 is 0 Å². The van der Waals surface area contributed by atoms with Crippen molar-refractivity contribution in [3.8, 4) is 68.1 Å². The van der Waals surface area contributed by atoms with Crippen LogP contribution in [0.3, 0.4) is 0 Å². The first-order chi connectivity index (χ1) is 32.2. The van der Waals surface area contributed by atoms with Gasteiger partial charge < -0.3 is 13.6 Å². The summed E-state index contributed by atoms with van der Waals surface area (Å²) in [7, 11) is 0. The fourth-order valence-electron chi connectivity index (χ4n) is 9.43. The maximum absolute atomic E-state index is 6.45. The Hall–Kier alpha value is -8.94. The second-order valence-electron chi connectivity index (χ2n) is 16.2. The van der Waals surface area contributed by atoms with E-state index in [9.17, 15) is 0 Å². The van der Waals surface area contributed by atoms with Crippen LogP contribution in [0.1, 0.15) is 0 Å². The molecule has 7 nitrogen and oxygen atoms in total. The monoisotopic (exact) mass is 832 g/mol. The highest BCUT2D eigenvalue weighted by molar-refractivity contribution is 6.23. The molecule has 9 aromatic carbocycles. The van der Waals surface area contributed by atoms with Crippen molar-refractivity contribution in [3.63, 3.8) is 0 Å². The molecule has 0 fully saturated rings. The third-order valence-electron chi connectivity index (χ3n) is 12.4. The number of rotatable bonds is 7. The van der Waals surface area contributed by atoms with E-state index >= 15 is 0 Å². The number of benzene rings is 9. The van der Waals surface area contributed by atoms with Gasteiger partial charge in [-0.15, -0.1) is 0 Å². The second-order valence-corrected chi connectivity index (χ2v) is 16.2. The van der Waals surface area contributed by atoms with E-state index in [1.807, 2.05) is 103 Å². The molecule has 13 rings (SSSR count). The lowest BCUT2D eigenvalue weighted by molar-refractivity contribution is 0.621. The molecular formula is C58H36N6O. The van der Waals surface area contributed by atoms with Gasteiger partial charge in [-0.3, -0.25) is 0 Å². The van der Waals surface area contributed by atoms with E-state index in [0.29, 0.717) is 23.4 Å². The van der Waals surface area contributed by atoms with Gasteiger partial charge in [0.2, 0.25) is 5.89 Å². The fourth-order valence-corrected chi connectivity index (χ4v) is 9.43. The molecule has 0 amide bonds. The van der Waals surface area contributed by atoms with Crippen LogP contribution in [0.5, 0.6) is 0 Å². The zero-order valence-corrected chi connectivity index (χ0v) is 34.9. The summed E-state index contributed by atoms with van der Waals surface area (Å²) in [5.74, 6) is 2.48. The SMILES string of the molecule is c1ccc(-c2nc(-c3ccccc3)nc(-c3cccc(-n4c5ccccc5c5ccc6c7ccccc7n(-c7ccc(-c8cccc9nc(-c%10ccccc%10)oc89)cc7)c6c54)c3)n2)cc1. The highest BCUT2D eigenvalue weighted by atomic mass is 16.3. The summed E-state index contributed by atoms with van der Waals surface area (Å²) in [4.78, 5) is 20.0. The Labute approximate surface area is 373 Å². The number of aromatic nitrogens is 6. The zero-order chi connectivity index (χ0) is 42.8. The van der Waals surface area contributed by atoms with Crippen LogP contribution in [0.25, 0.3) is 123 Å². The molecule has 7 heteroatoms. The fraction of sp³-hybridized carbons (Fsp3) is 0. The molecule has 0 aliphatic heterocycles. The van der Waals surface area contributed by atoms with Gasteiger partial charge in [-0.1, -0.05) is 164 Å². The molecule has 0 saturated heterocycles. The quantitative estimate of drug-likeness (QED) is 0.160. The summed E-state index contributed by atoms with van der Waals surface area (Å²) in [5.41, 5.74) is 13.9. The van der Waals surface area contributed by atoms with E-state index in [1.54, 1.807) is 0 Å². The van der Waals surface area contributed by atoms with Gasteiger partial charge in [0.05, 0.1) is 22.1 Å². The molecule has 65 heavy (non-hydrogen) atoms. The highest BCUT2D eigenvalue weighted by Gasteiger charge is 2.22. The van der Waals surface area contributed by atoms with E-state index < -0.39 is 0 Å². The molecule has 4 aromatic heterocycles. The first-order valence-corrected chi connectivity index (χ1v) is 21.7. The lowest BCUT2D eigenvalue weighted by Gasteiger charge is -2.14. The van der Waals surface area contributed by atoms with Crippen molar-refractivity contribution >= 4 is 54.7 Å². The van der Waals surface area contributed by atoms with Gasteiger partial charge in [0.15, 0.2) is 23.1 Å². The van der Waals surface area contributed by atoms with Crippen LogP contribution < -0.4 is 0 Å². The van der Waals surface area contributed by atoms with Gasteiger partial charge in [-0.25, -0.2) is 19.9 Å². The normalized spacial score (nSPS) is 11.7. The topological polar surface area (TPSA) is 74.6 Å². The van der Waals surface area contributed by atoms with Crippen molar-refractivity contribution in [1.29, 1.82) is 0 Å². The van der Waals surface area contributed by atoms with Gasteiger partial charge in [0, 0.05) is 60.7 Å². The van der Waals surface area contributed by atoms with Crippen LogP contribution in [0.15, 0.2) is 223 Å². The van der Waals surface area contributed by atoms with Gasteiger partial charge >= 0.3 is 0 Å². The number of oxazole rings is 1. The van der Waals surface area contributed by atoms with Gasteiger partial charge in [0.1, 0.15) is 5.52 Å². The van der Waals surface area contributed by atoms with Crippen molar-refractivity contribution < 1.29 is 4.42 Å². The molecule has 13 aromatic rings. The average Bonchev–Trinajstić information content (AvgIpc) is 4.08. The number of nitrogens with zero attached hydrogens (tertiary/aromatic N) is 6. The highest BCUT2D eigenvalue weighted by Crippen LogP contribution is 2.43. The largest absolute Gasteiger partial charge is 0.435 e. The molecule has 0 saturated carbocycles.